The maximum absolute atomic E-state index is 11.9. The van der Waals surface area contributed by atoms with Gasteiger partial charge in [-0.15, -0.1) is 24.0 Å². The first kappa shape index (κ1) is 25.9. The molecule has 0 aliphatic heterocycles. The van der Waals surface area contributed by atoms with Gasteiger partial charge in [-0.25, -0.2) is 8.42 Å². The van der Waals surface area contributed by atoms with Crippen LogP contribution in [0.25, 0.3) is 0 Å². The Morgan fingerprint density at radius 3 is 2.03 bits per heavy atom. The summed E-state index contributed by atoms with van der Waals surface area (Å²) < 4.78 is 23.0. The second-order valence-electron chi connectivity index (χ2n) is 6.92. The Bertz CT molecular complexity index is 957. The molecule has 0 heterocycles. The van der Waals surface area contributed by atoms with Gasteiger partial charge in [0.25, 0.3) is 5.91 Å². The first-order valence-corrected chi connectivity index (χ1v) is 11.1. The molecule has 0 aliphatic rings. The van der Waals surface area contributed by atoms with Gasteiger partial charge in [0, 0.05) is 46.1 Å². The van der Waals surface area contributed by atoms with Crippen molar-refractivity contribution in [2.75, 3.05) is 33.9 Å². The van der Waals surface area contributed by atoms with Gasteiger partial charge in [0.2, 0.25) is 0 Å². The largest absolute Gasteiger partial charge is 0.356 e. The molecule has 0 radical (unpaired) electrons. The highest BCUT2D eigenvalue weighted by Gasteiger charge is 2.08. The molecule has 0 fully saturated rings. The van der Waals surface area contributed by atoms with Crippen LogP contribution in [0.15, 0.2) is 58.4 Å². The van der Waals surface area contributed by atoms with E-state index in [1.807, 2.05) is 36.4 Å². The van der Waals surface area contributed by atoms with Gasteiger partial charge in [0.05, 0.1) is 4.90 Å². The quantitative estimate of drug-likeness (QED) is 0.317. The Balaban J connectivity index is 0.00000450. The third-order valence-corrected chi connectivity index (χ3v) is 5.48. The zero-order valence-corrected chi connectivity index (χ0v) is 20.8. The van der Waals surface area contributed by atoms with E-state index in [9.17, 15) is 13.2 Å². The van der Waals surface area contributed by atoms with Crippen molar-refractivity contribution in [3.05, 3.63) is 65.2 Å². The monoisotopic (exact) mass is 544 g/mol. The molecule has 164 valence electrons. The smallest absolute Gasteiger partial charge is 0.253 e. The van der Waals surface area contributed by atoms with Crippen molar-refractivity contribution in [3.8, 4) is 0 Å². The molecule has 2 N–H and O–H groups in total. The van der Waals surface area contributed by atoms with Crippen molar-refractivity contribution in [2.45, 2.75) is 17.9 Å². The van der Waals surface area contributed by atoms with Crippen LogP contribution in [0.2, 0.25) is 0 Å². The topological polar surface area (TPSA) is 90.9 Å². The predicted molar refractivity (Wildman–Crippen MR) is 131 cm³/mol. The molecule has 2 aromatic carbocycles. The number of aliphatic imine (C=N–C) groups is 1. The number of benzene rings is 2. The Morgan fingerprint density at radius 1 is 0.967 bits per heavy atom. The van der Waals surface area contributed by atoms with Gasteiger partial charge in [0.1, 0.15) is 0 Å². The van der Waals surface area contributed by atoms with Crippen LogP contribution in [0.4, 0.5) is 0 Å². The number of nitrogens with zero attached hydrogens (tertiary/aromatic N) is 2. The number of carbonyl (C=O) groups excluding carboxylic acids is 1. The van der Waals surface area contributed by atoms with Crippen LogP contribution in [-0.4, -0.2) is 59.1 Å². The normalized spacial score (nSPS) is 11.4. The molecule has 0 bridgehead atoms. The lowest BCUT2D eigenvalue weighted by Crippen LogP contribution is -2.37. The number of rotatable bonds is 7. The van der Waals surface area contributed by atoms with Crippen LogP contribution in [0, 0.1) is 0 Å². The van der Waals surface area contributed by atoms with Crippen LogP contribution in [0.1, 0.15) is 21.5 Å². The number of amides is 1. The first-order chi connectivity index (χ1) is 13.7. The van der Waals surface area contributed by atoms with Crippen molar-refractivity contribution in [1.29, 1.82) is 0 Å². The first-order valence-electron chi connectivity index (χ1n) is 9.25. The molecular weight excluding hydrogens is 515 g/mol. The van der Waals surface area contributed by atoms with Gasteiger partial charge in [-0.05, 0) is 41.8 Å². The Hall–Kier alpha value is -2.14. The van der Waals surface area contributed by atoms with Gasteiger partial charge in [-0.3, -0.25) is 9.79 Å². The van der Waals surface area contributed by atoms with Gasteiger partial charge in [-0.1, -0.05) is 24.3 Å². The Morgan fingerprint density at radius 2 is 1.53 bits per heavy atom. The molecule has 0 atom stereocenters. The summed E-state index contributed by atoms with van der Waals surface area (Å²) in [6, 6.07) is 14.4. The number of hydrogen-bond donors (Lipinski definition) is 2. The minimum absolute atomic E-state index is 0. The van der Waals surface area contributed by atoms with Gasteiger partial charge < -0.3 is 15.5 Å². The minimum atomic E-state index is -3.17. The lowest BCUT2D eigenvalue weighted by atomic mass is 10.1. The fourth-order valence-corrected chi connectivity index (χ4v) is 3.29. The zero-order valence-electron chi connectivity index (χ0n) is 17.7. The van der Waals surface area contributed by atoms with E-state index in [0.29, 0.717) is 29.5 Å². The zero-order chi connectivity index (χ0) is 21.4. The number of carbonyl (C=O) groups is 1. The van der Waals surface area contributed by atoms with E-state index in [1.165, 1.54) is 6.26 Å². The fourth-order valence-electron chi connectivity index (χ4n) is 2.66. The summed E-state index contributed by atoms with van der Waals surface area (Å²) in [4.78, 5) is 18.0. The minimum Gasteiger partial charge on any atom is -0.356 e. The second-order valence-corrected chi connectivity index (χ2v) is 8.93. The Labute approximate surface area is 195 Å². The number of guanidine groups is 1. The number of nitrogens with one attached hydrogen (secondary N) is 2. The number of sulfone groups is 1. The lowest BCUT2D eigenvalue weighted by Gasteiger charge is -2.13. The molecule has 0 saturated heterocycles. The van der Waals surface area contributed by atoms with E-state index in [1.54, 1.807) is 38.2 Å². The van der Waals surface area contributed by atoms with E-state index in [-0.39, 0.29) is 29.9 Å². The van der Waals surface area contributed by atoms with Crippen molar-refractivity contribution in [1.82, 2.24) is 15.5 Å². The van der Waals surface area contributed by atoms with Crippen LogP contribution in [0.3, 0.4) is 0 Å². The van der Waals surface area contributed by atoms with E-state index in [4.69, 9.17) is 0 Å². The van der Waals surface area contributed by atoms with Crippen LogP contribution in [-0.2, 0) is 22.8 Å². The average molecular weight is 544 g/mol. The molecule has 30 heavy (non-hydrogen) atoms. The molecule has 0 saturated carbocycles. The highest BCUT2D eigenvalue weighted by molar-refractivity contribution is 14.0. The summed E-state index contributed by atoms with van der Waals surface area (Å²) in [6.45, 7) is 1.24. The van der Waals surface area contributed by atoms with Crippen LogP contribution in [0.5, 0.6) is 0 Å². The fraction of sp³-hybridized carbons (Fsp3) is 0.333. The SMILES string of the molecule is CN=C(NCCc1ccc(S(C)(=O)=O)cc1)NCc1ccc(C(=O)N(C)C)cc1.I. The summed E-state index contributed by atoms with van der Waals surface area (Å²) in [5.74, 6) is 0.651. The number of hydrogen-bond acceptors (Lipinski definition) is 4. The summed E-state index contributed by atoms with van der Waals surface area (Å²) in [5.41, 5.74) is 2.74. The summed E-state index contributed by atoms with van der Waals surface area (Å²) in [6.07, 6.45) is 1.94. The van der Waals surface area contributed by atoms with Crippen molar-refractivity contribution < 1.29 is 13.2 Å². The third-order valence-electron chi connectivity index (χ3n) is 4.35. The second kappa shape index (κ2) is 11.9. The van der Waals surface area contributed by atoms with E-state index >= 15 is 0 Å². The maximum atomic E-state index is 11.9. The highest BCUT2D eigenvalue weighted by Crippen LogP contribution is 2.10. The van der Waals surface area contributed by atoms with E-state index < -0.39 is 9.84 Å². The van der Waals surface area contributed by atoms with E-state index in [0.717, 1.165) is 17.5 Å². The summed E-state index contributed by atoms with van der Waals surface area (Å²) >= 11 is 0. The third kappa shape index (κ3) is 7.94. The van der Waals surface area contributed by atoms with Crippen molar-refractivity contribution in [3.63, 3.8) is 0 Å². The van der Waals surface area contributed by atoms with Gasteiger partial charge in [-0.2, -0.15) is 0 Å². The van der Waals surface area contributed by atoms with Crippen LogP contribution < -0.4 is 10.6 Å². The standard InChI is InChI=1S/C21H28N4O3S.HI/c1-22-21(23-14-13-16-7-11-19(12-8-16)29(4,27)28)24-15-17-5-9-18(10-6-17)20(26)25(2)3;/h5-12H,13-15H2,1-4H3,(H2,22,23,24);1H. The predicted octanol–water partition coefficient (Wildman–Crippen LogP) is 2.32. The molecule has 1 amide bonds. The van der Waals surface area contributed by atoms with Crippen LogP contribution >= 0.6 is 24.0 Å². The molecule has 0 unspecified atom stereocenters. The number of halogens is 1. The van der Waals surface area contributed by atoms with Gasteiger partial charge in [0.15, 0.2) is 15.8 Å². The molecular formula is C21H29IN4O3S. The summed E-state index contributed by atoms with van der Waals surface area (Å²) in [7, 11) is 1.99. The Kier molecular flexibility index (Phi) is 10.3. The maximum Gasteiger partial charge on any atom is 0.253 e. The lowest BCUT2D eigenvalue weighted by molar-refractivity contribution is 0.0827. The molecule has 7 nitrogen and oxygen atoms in total. The average Bonchev–Trinajstić information content (AvgIpc) is 2.70. The van der Waals surface area contributed by atoms with Crippen molar-refractivity contribution >= 4 is 45.7 Å². The molecule has 0 aliphatic carbocycles. The summed E-state index contributed by atoms with van der Waals surface area (Å²) in [5, 5.41) is 6.47. The molecule has 0 spiro atoms. The molecule has 0 aromatic heterocycles. The highest BCUT2D eigenvalue weighted by atomic mass is 127. The van der Waals surface area contributed by atoms with E-state index in [2.05, 4.69) is 15.6 Å². The molecule has 2 aromatic rings. The van der Waals surface area contributed by atoms with Crippen molar-refractivity contribution in [2.24, 2.45) is 4.99 Å². The van der Waals surface area contributed by atoms with Gasteiger partial charge >= 0.3 is 0 Å². The molecule has 2 rings (SSSR count). The molecule has 9 heteroatoms.